The van der Waals surface area contributed by atoms with Gasteiger partial charge in [-0.3, -0.25) is 10.1 Å². The number of benzene rings is 2. The molecule has 0 saturated carbocycles. The lowest BCUT2D eigenvalue weighted by Crippen LogP contribution is -2.44. The molecule has 29 heavy (non-hydrogen) atoms. The number of likely N-dealkylation sites (N-methyl/N-ethyl adjacent to an activating group) is 1. The number of sulfonamides is 1. The molecular weight excluding hydrogens is 398 g/mol. The summed E-state index contributed by atoms with van der Waals surface area (Å²) in [6, 6.07) is 11.4. The Kier molecular flexibility index (Phi) is 6.04. The summed E-state index contributed by atoms with van der Waals surface area (Å²) < 4.78 is 37.7. The molecule has 9 nitrogen and oxygen atoms in total. The van der Waals surface area contributed by atoms with Gasteiger partial charge in [-0.05, 0) is 48.5 Å². The summed E-state index contributed by atoms with van der Waals surface area (Å²) in [5.41, 5.74) is 0. The molecule has 1 saturated heterocycles. The molecule has 1 atom stereocenters. The first-order valence-electron chi connectivity index (χ1n) is 8.87. The normalized spacial score (nSPS) is 16.4. The Morgan fingerprint density at radius 1 is 0.966 bits per heavy atom. The molecule has 0 spiro atoms. The highest BCUT2D eigenvalue weighted by Gasteiger charge is 2.34. The molecule has 0 radical (unpaired) electrons. The molecule has 1 aliphatic rings. The maximum atomic E-state index is 12.9. The molecule has 1 heterocycles. The third kappa shape index (κ3) is 4.66. The van der Waals surface area contributed by atoms with Gasteiger partial charge in [0.05, 0.1) is 12.0 Å². The molecule has 1 unspecified atom stereocenters. The van der Waals surface area contributed by atoms with E-state index in [1.807, 2.05) is 0 Å². The number of amides is 3. The number of carbonyl (C=O) groups excluding carboxylic acids is 2. The van der Waals surface area contributed by atoms with Crippen LogP contribution < -0.4 is 20.1 Å². The number of imide groups is 1. The molecule has 10 heteroatoms. The standard InChI is InChI=1S/C19H21N3O6S/c1-3-22(12-17-18(23)21-19(24)20-17)29(25,26)16-10-8-15(9-11-16)28-14-6-4-13(27-2)5-7-14/h4-11,17H,3,12H2,1-2H3,(H2,20,21,23,24). The molecule has 1 fully saturated rings. The maximum absolute atomic E-state index is 12.9. The molecule has 3 rings (SSSR count). The van der Waals surface area contributed by atoms with Gasteiger partial charge in [-0.15, -0.1) is 0 Å². The number of methoxy groups -OCH3 is 1. The maximum Gasteiger partial charge on any atom is 0.322 e. The van der Waals surface area contributed by atoms with Crippen molar-refractivity contribution in [2.75, 3.05) is 20.2 Å². The van der Waals surface area contributed by atoms with Gasteiger partial charge in [-0.25, -0.2) is 13.2 Å². The zero-order valence-electron chi connectivity index (χ0n) is 15.9. The average molecular weight is 419 g/mol. The fourth-order valence-electron chi connectivity index (χ4n) is 2.80. The molecule has 0 aromatic heterocycles. The van der Waals surface area contributed by atoms with Crippen LogP contribution in [0.4, 0.5) is 4.79 Å². The van der Waals surface area contributed by atoms with E-state index in [1.54, 1.807) is 50.4 Å². The van der Waals surface area contributed by atoms with Gasteiger partial charge in [-0.1, -0.05) is 6.92 Å². The minimum absolute atomic E-state index is 0.0613. The fraction of sp³-hybridized carbons (Fsp3) is 0.263. The first-order valence-corrected chi connectivity index (χ1v) is 10.3. The number of nitrogens with one attached hydrogen (secondary N) is 2. The van der Waals surface area contributed by atoms with Gasteiger partial charge in [0.2, 0.25) is 10.0 Å². The zero-order valence-corrected chi connectivity index (χ0v) is 16.7. The summed E-state index contributed by atoms with van der Waals surface area (Å²) >= 11 is 0. The van der Waals surface area contributed by atoms with E-state index >= 15 is 0 Å². The van der Waals surface area contributed by atoms with Crippen LogP contribution in [0.3, 0.4) is 0 Å². The summed E-state index contributed by atoms with van der Waals surface area (Å²) in [6.45, 7) is 1.65. The van der Waals surface area contributed by atoms with E-state index < -0.39 is 28.0 Å². The lowest BCUT2D eigenvalue weighted by atomic mass is 10.3. The second-order valence-corrected chi connectivity index (χ2v) is 8.16. The van der Waals surface area contributed by atoms with Gasteiger partial charge in [0.1, 0.15) is 23.3 Å². The minimum Gasteiger partial charge on any atom is -0.497 e. The van der Waals surface area contributed by atoms with E-state index in [-0.39, 0.29) is 18.0 Å². The molecular formula is C19H21N3O6S. The van der Waals surface area contributed by atoms with Crippen molar-refractivity contribution in [3.63, 3.8) is 0 Å². The Balaban J connectivity index is 1.72. The van der Waals surface area contributed by atoms with Crippen molar-refractivity contribution < 1.29 is 27.5 Å². The van der Waals surface area contributed by atoms with Crippen LogP contribution >= 0.6 is 0 Å². The van der Waals surface area contributed by atoms with Crippen LogP contribution in [0.1, 0.15) is 6.92 Å². The van der Waals surface area contributed by atoms with E-state index in [1.165, 1.54) is 12.1 Å². The summed E-state index contributed by atoms with van der Waals surface area (Å²) in [7, 11) is -2.28. The second-order valence-electron chi connectivity index (χ2n) is 6.22. The van der Waals surface area contributed by atoms with E-state index in [4.69, 9.17) is 9.47 Å². The Morgan fingerprint density at radius 2 is 1.52 bits per heavy atom. The van der Waals surface area contributed by atoms with Gasteiger partial charge >= 0.3 is 6.03 Å². The monoisotopic (exact) mass is 419 g/mol. The van der Waals surface area contributed by atoms with Crippen molar-refractivity contribution in [2.24, 2.45) is 0 Å². The SMILES string of the molecule is CCN(CC1NC(=O)NC1=O)S(=O)(=O)c1ccc(Oc2ccc(OC)cc2)cc1. The first kappa shape index (κ1) is 20.6. The van der Waals surface area contributed by atoms with Crippen molar-refractivity contribution in [1.29, 1.82) is 0 Å². The molecule has 0 aliphatic carbocycles. The quantitative estimate of drug-likeness (QED) is 0.630. The summed E-state index contributed by atoms with van der Waals surface area (Å²) in [4.78, 5) is 23.0. The predicted octanol–water partition coefficient (Wildman–Crippen LogP) is 1.71. The van der Waals surface area contributed by atoms with Crippen molar-refractivity contribution in [3.8, 4) is 17.2 Å². The number of nitrogens with zero attached hydrogens (tertiary/aromatic N) is 1. The summed E-state index contributed by atoms with van der Waals surface area (Å²) in [5, 5.41) is 4.49. The van der Waals surface area contributed by atoms with Gasteiger partial charge in [0, 0.05) is 13.1 Å². The molecule has 0 bridgehead atoms. The highest BCUT2D eigenvalue weighted by molar-refractivity contribution is 7.89. The van der Waals surface area contributed by atoms with Crippen LogP contribution in [0.5, 0.6) is 17.2 Å². The van der Waals surface area contributed by atoms with E-state index in [0.717, 1.165) is 4.31 Å². The van der Waals surface area contributed by atoms with Crippen LogP contribution in [0.2, 0.25) is 0 Å². The number of rotatable bonds is 8. The Morgan fingerprint density at radius 3 is 2.00 bits per heavy atom. The minimum atomic E-state index is -3.85. The van der Waals surface area contributed by atoms with Crippen molar-refractivity contribution in [2.45, 2.75) is 17.9 Å². The van der Waals surface area contributed by atoms with Crippen molar-refractivity contribution in [3.05, 3.63) is 48.5 Å². The number of carbonyl (C=O) groups is 2. The van der Waals surface area contributed by atoms with Gasteiger partial charge in [0.15, 0.2) is 0 Å². The van der Waals surface area contributed by atoms with Gasteiger partial charge in [-0.2, -0.15) is 4.31 Å². The first-order chi connectivity index (χ1) is 13.8. The van der Waals surface area contributed by atoms with E-state index in [0.29, 0.717) is 17.2 Å². The molecule has 2 aromatic carbocycles. The smallest absolute Gasteiger partial charge is 0.322 e. The molecule has 2 N–H and O–H groups in total. The van der Waals surface area contributed by atoms with Gasteiger partial charge in [0.25, 0.3) is 5.91 Å². The highest BCUT2D eigenvalue weighted by atomic mass is 32.2. The van der Waals surface area contributed by atoms with Crippen LogP contribution in [0, 0.1) is 0 Å². The lowest BCUT2D eigenvalue weighted by molar-refractivity contribution is -0.120. The lowest BCUT2D eigenvalue weighted by Gasteiger charge is -2.22. The van der Waals surface area contributed by atoms with Crippen LogP contribution in [-0.2, 0) is 14.8 Å². The molecule has 1 aliphatic heterocycles. The Labute approximate surface area is 168 Å². The third-order valence-electron chi connectivity index (χ3n) is 4.35. The van der Waals surface area contributed by atoms with E-state index in [9.17, 15) is 18.0 Å². The fourth-order valence-corrected chi connectivity index (χ4v) is 4.26. The number of urea groups is 1. The average Bonchev–Trinajstić information content (AvgIpc) is 3.03. The van der Waals surface area contributed by atoms with Crippen LogP contribution in [-0.4, -0.2) is 50.9 Å². The number of hydrogen-bond donors (Lipinski definition) is 2. The molecule has 154 valence electrons. The Bertz CT molecular complexity index is 990. The summed E-state index contributed by atoms with van der Waals surface area (Å²) in [5.74, 6) is 1.21. The second kappa shape index (κ2) is 8.50. The Hall–Kier alpha value is -3.11. The van der Waals surface area contributed by atoms with Gasteiger partial charge < -0.3 is 14.8 Å². The van der Waals surface area contributed by atoms with Crippen LogP contribution in [0.25, 0.3) is 0 Å². The van der Waals surface area contributed by atoms with Crippen molar-refractivity contribution >= 4 is 22.0 Å². The summed E-state index contributed by atoms with van der Waals surface area (Å²) in [6.07, 6.45) is 0. The largest absolute Gasteiger partial charge is 0.497 e. The highest BCUT2D eigenvalue weighted by Crippen LogP contribution is 2.26. The number of ether oxygens (including phenoxy) is 2. The molecule has 2 aromatic rings. The van der Waals surface area contributed by atoms with Crippen molar-refractivity contribution in [1.82, 2.24) is 14.9 Å². The third-order valence-corrected chi connectivity index (χ3v) is 6.31. The van der Waals surface area contributed by atoms with E-state index in [2.05, 4.69) is 10.6 Å². The topological polar surface area (TPSA) is 114 Å². The van der Waals surface area contributed by atoms with Crippen LogP contribution in [0.15, 0.2) is 53.4 Å². The molecule has 3 amide bonds. The predicted molar refractivity (Wildman–Crippen MR) is 104 cm³/mol. The number of hydrogen-bond acceptors (Lipinski definition) is 6. The zero-order chi connectivity index (χ0) is 21.0.